The van der Waals surface area contributed by atoms with Gasteiger partial charge in [-0.3, -0.25) is 4.79 Å². The molecule has 1 saturated heterocycles. The highest BCUT2D eigenvalue weighted by Gasteiger charge is 2.30. The normalized spacial score (nSPS) is 18.7. The standard InChI is InChI=1S/C18H28N2O5S/c1-12(16(22)25-18(2,3)4)24-13-8-9-20(11-13)17-19-10-14(26-17)6-7-15(21)23-5/h10,12-13H,6-9,11H2,1-5H3/t12?,13-/m0/s1. The molecular formula is C18H28N2O5S. The van der Waals surface area contributed by atoms with Crippen LogP contribution in [-0.4, -0.2) is 54.9 Å². The van der Waals surface area contributed by atoms with Crippen molar-refractivity contribution in [1.29, 1.82) is 0 Å². The number of hydrogen-bond donors (Lipinski definition) is 0. The number of aryl methyl sites for hydroxylation is 1. The van der Waals surface area contributed by atoms with E-state index in [0.29, 0.717) is 19.4 Å². The highest BCUT2D eigenvalue weighted by Crippen LogP contribution is 2.28. The SMILES string of the molecule is COC(=O)CCc1cnc(N2CC[C@H](OC(C)C(=O)OC(C)(C)C)C2)s1. The molecular weight excluding hydrogens is 356 g/mol. The van der Waals surface area contributed by atoms with E-state index >= 15 is 0 Å². The van der Waals surface area contributed by atoms with Gasteiger partial charge in [-0.15, -0.1) is 11.3 Å². The molecule has 1 unspecified atom stereocenters. The molecule has 0 N–H and O–H groups in total. The molecule has 1 aliphatic rings. The fraction of sp³-hybridized carbons (Fsp3) is 0.722. The number of methoxy groups -OCH3 is 1. The van der Waals surface area contributed by atoms with Crippen molar-refractivity contribution in [2.24, 2.45) is 0 Å². The Morgan fingerprint density at radius 2 is 2.15 bits per heavy atom. The van der Waals surface area contributed by atoms with Gasteiger partial charge in [-0.2, -0.15) is 0 Å². The van der Waals surface area contributed by atoms with E-state index in [4.69, 9.17) is 9.47 Å². The molecule has 0 saturated carbocycles. The summed E-state index contributed by atoms with van der Waals surface area (Å²) in [6.07, 6.45) is 3.02. The van der Waals surface area contributed by atoms with Crippen molar-refractivity contribution < 1.29 is 23.8 Å². The minimum atomic E-state index is -0.592. The number of esters is 2. The van der Waals surface area contributed by atoms with Gasteiger partial charge in [0.2, 0.25) is 0 Å². The van der Waals surface area contributed by atoms with Crippen molar-refractivity contribution in [2.75, 3.05) is 25.1 Å². The van der Waals surface area contributed by atoms with Crippen LogP contribution in [0.2, 0.25) is 0 Å². The van der Waals surface area contributed by atoms with Crippen LogP contribution >= 0.6 is 11.3 Å². The number of nitrogens with zero attached hydrogens (tertiary/aromatic N) is 2. The van der Waals surface area contributed by atoms with Crippen LogP contribution < -0.4 is 4.90 Å². The number of hydrogen-bond acceptors (Lipinski definition) is 8. The maximum atomic E-state index is 12.0. The predicted molar refractivity (Wildman–Crippen MR) is 99.5 cm³/mol. The molecule has 0 bridgehead atoms. The average molecular weight is 384 g/mol. The number of aromatic nitrogens is 1. The Labute approximate surface area is 158 Å². The van der Waals surface area contributed by atoms with Gasteiger partial charge in [0.15, 0.2) is 11.2 Å². The van der Waals surface area contributed by atoms with Crippen LogP contribution in [0.1, 0.15) is 45.4 Å². The van der Waals surface area contributed by atoms with Crippen molar-refractivity contribution >= 4 is 28.4 Å². The summed E-state index contributed by atoms with van der Waals surface area (Å²) >= 11 is 1.58. The van der Waals surface area contributed by atoms with Crippen LogP contribution in [0, 0.1) is 0 Å². The van der Waals surface area contributed by atoms with Gasteiger partial charge in [0, 0.05) is 24.2 Å². The van der Waals surface area contributed by atoms with Crippen molar-refractivity contribution in [3.8, 4) is 0 Å². The molecule has 7 nitrogen and oxygen atoms in total. The van der Waals surface area contributed by atoms with Gasteiger partial charge >= 0.3 is 11.9 Å². The van der Waals surface area contributed by atoms with E-state index < -0.39 is 11.7 Å². The van der Waals surface area contributed by atoms with Crippen LogP contribution in [0.25, 0.3) is 0 Å². The number of carbonyl (C=O) groups is 2. The van der Waals surface area contributed by atoms with E-state index in [1.807, 2.05) is 20.8 Å². The predicted octanol–water partition coefficient (Wildman–Crippen LogP) is 2.57. The first kappa shape index (κ1) is 20.6. The third-order valence-electron chi connectivity index (χ3n) is 3.90. The Kier molecular flexibility index (Phi) is 7.00. The van der Waals surface area contributed by atoms with Crippen LogP contribution in [-0.2, 0) is 30.2 Å². The molecule has 0 aliphatic carbocycles. The van der Waals surface area contributed by atoms with E-state index in [0.717, 1.165) is 23.0 Å². The molecule has 2 rings (SSSR count). The van der Waals surface area contributed by atoms with Gasteiger partial charge in [0.1, 0.15) is 5.60 Å². The fourth-order valence-electron chi connectivity index (χ4n) is 2.63. The molecule has 1 aromatic heterocycles. The summed E-state index contributed by atoms with van der Waals surface area (Å²) in [5, 5.41) is 0.917. The van der Waals surface area contributed by atoms with Gasteiger partial charge < -0.3 is 19.1 Å². The van der Waals surface area contributed by atoms with Crippen LogP contribution in [0.5, 0.6) is 0 Å². The summed E-state index contributed by atoms with van der Waals surface area (Å²) < 4.78 is 15.9. The second-order valence-electron chi connectivity index (χ2n) is 7.35. The number of thiazole rings is 1. The molecule has 1 fully saturated rings. The maximum Gasteiger partial charge on any atom is 0.335 e. The fourth-order valence-corrected chi connectivity index (χ4v) is 3.57. The lowest BCUT2D eigenvalue weighted by Gasteiger charge is -2.24. The topological polar surface area (TPSA) is 78.0 Å². The molecule has 1 aliphatic heterocycles. The Bertz CT molecular complexity index is 625. The van der Waals surface area contributed by atoms with E-state index in [2.05, 4.69) is 14.6 Å². The average Bonchev–Trinajstić information content (AvgIpc) is 3.19. The lowest BCUT2D eigenvalue weighted by molar-refractivity contribution is -0.170. The highest BCUT2D eigenvalue weighted by molar-refractivity contribution is 7.15. The van der Waals surface area contributed by atoms with Gasteiger partial charge in [0.05, 0.1) is 19.6 Å². The Morgan fingerprint density at radius 1 is 1.42 bits per heavy atom. The molecule has 0 amide bonds. The Morgan fingerprint density at radius 3 is 2.81 bits per heavy atom. The van der Waals surface area contributed by atoms with Crippen molar-refractivity contribution in [3.63, 3.8) is 0 Å². The monoisotopic (exact) mass is 384 g/mol. The van der Waals surface area contributed by atoms with Gasteiger partial charge in [-0.1, -0.05) is 0 Å². The smallest absolute Gasteiger partial charge is 0.335 e. The van der Waals surface area contributed by atoms with E-state index in [9.17, 15) is 9.59 Å². The highest BCUT2D eigenvalue weighted by atomic mass is 32.1. The summed E-state index contributed by atoms with van der Waals surface area (Å²) in [7, 11) is 1.39. The number of anilines is 1. The summed E-state index contributed by atoms with van der Waals surface area (Å²) in [6.45, 7) is 8.78. The quantitative estimate of drug-likeness (QED) is 0.669. The Hall–Kier alpha value is -1.67. The first-order valence-electron chi connectivity index (χ1n) is 8.82. The van der Waals surface area contributed by atoms with Crippen LogP contribution in [0.3, 0.4) is 0 Å². The van der Waals surface area contributed by atoms with Gasteiger partial charge in [-0.05, 0) is 40.5 Å². The third kappa shape index (κ3) is 6.25. The lowest BCUT2D eigenvalue weighted by Crippen LogP contribution is -2.35. The number of rotatable bonds is 7. The first-order chi connectivity index (χ1) is 12.2. The summed E-state index contributed by atoms with van der Waals surface area (Å²) in [5.41, 5.74) is -0.516. The van der Waals surface area contributed by atoms with Crippen molar-refractivity contribution in [2.45, 2.75) is 64.8 Å². The summed E-state index contributed by atoms with van der Waals surface area (Å²) in [5.74, 6) is -0.555. The van der Waals surface area contributed by atoms with Crippen molar-refractivity contribution in [1.82, 2.24) is 4.98 Å². The molecule has 1 aromatic rings. The van der Waals surface area contributed by atoms with E-state index in [-0.39, 0.29) is 18.0 Å². The first-order valence-corrected chi connectivity index (χ1v) is 9.64. The van der Waals surface area contributed by atoms with Crippen LogP contribution in [0.4, 0.5) is 5.13 Å². The second-order valence-corrected chi connectivity index (χ2v) is 8.45. The molecule has 8 heteroatoms. The van der Waals surface area contributed by atoms with Crippen molar-refractivity contribution in [3.05, 3.63) is 11.1 Å². The second kappa shape index (κ2) is 8.81. The molecule has 146 valence electrons. The molecule has 2 heterocycles. The molecule has 2 atom stereocenters. The third-order valence-corrected chi connectivity index (χ3v) is 5.01. The molecule has 0 aromatic carbocycles. The summed E-state index contributed by atoms with van der Waals surface area (Å²) in [4.78, 5) is 30.9. The number of carbonyl (C=O) groups excluding carboxylic acids is 2. The zero-order chi connectivity index (χ0) is 19.3. The van der Waals surface area contributed by atoms with E-state index in [1.165, 1.54) is 7.11 Å². The van der Waals surface area contributed by atoms with Gasteiger partial charge in [0.25, 0.3) is 0 Å². The zero-order valence-electron chi connectivity index (χ0n) is 16.1. The zero-order valence-corrected chi connectivity index (χ0v) is 16.9. The maximum absolute atomic E-state index is 12.0. The van der Waals surface area contributed by atoms with Gasteiger partial charge in [-0.25, -0.2) is 9.78 Å². The van der Waals surface area contributed by atoms with Crippen LogP contribution in [0.15, 0.2) is 6.20 Å². The van der Waals surface area contributed by atoms with E-state index in [1.54, 1.807) is 24.5 Å². The lowest BCUT2D eigenvalue weighted by atomic mass is 10.2. The minimum absolute atomic E-state index is 0.0278. The molecule has 0 radical (unpaired) electrons. The largest absolute Gasteiger partial charge is 0.469 e. The Balaban J connectivity index is 1.82. The number of ether oxygens (including phenoxy) is 3. The molecule has 0 spiro atoms. The molecule has 26 heavy (non-hydrogen) atoms. The summed E-state index contributed by atoms with van der Waals surface area (Å²) in [6, 6.07) is 0. The minimum Gasteiger partial charge on any atom is -0.469 e.